The molecular formula is C22H15F2N3O3. The molecule has 0 saturated heterocycles. The molecule has 0 aromatic heterocycles. The second-order valence-electron chi connectivity index (χ2n) is 6.66. The highest BCUT2D eigenvalue weighted by atomic mass is 19.1. The molecule has 1 aliphatic heterocycles. The largest absolute Gasteiger partial charge is 0.351 e. The molecule has 8 heteroatoms. The van der Waals surface area contributed by atoms with E-state index < -0.39 is 22.6 Å². The molecule has 3 aromatic carbocycles. The monoisotopic (exact) mass is 407 g/mol. The van der Waals surface area contributed by atoms with Crippen LogP contribution in [0, 0.1) is 21.7 Å². The van der Waals surface area contributed by atoms with Gasteiger partial charge in [0, 0.05) is 23.5 Å². The van der Waals surface area contributed by atoms with E-state index >= 15 is 0 Å². The second kappa shape index (κ2) is 7.75. The van der Waals surface area contributed by atoms with E-state index in [1.807, 2.05) is 0 Å². The number of halogens is 2. The first-order valence-corrected chi connectivity index (χ1v) is 9.00. The van der Waals surface area contributed by atoms with Crippen LogP contribution in [0.5, 0.6) is 0 Å². The van der Waals surface area contributed by atoms with Crippen LogP contribution in [0.1, 0.15) is 11.6 Å². The maximum absolute atomic E-state index is 13.4. The Morgan fingerprint density at radius 3 is 2.00 bits per heavy atom. The van der Waals surface area contributed by atoms with Crippen molar-refractivity contribution >= 4 is 23.0 Å². The van der Waals surface area contributed by atoms with E-state index in [1.54, 1.807) is 18.2 Å². The Kier molecular flexibility index (Phi) is 4.97. The van der Waals surface area contributed by atoms with Crippen LogP contribution >= 0.6 is 0 Å². The normalized spacial score (nSPS) is 15.8. The van der Waals surface area contributed by atoms with E-state index in [-0.39, 0.29) is 17.3 Å². The maximum atomic E-state index is 13.4. The third-order valence-corrected chi connectivity index (χ3v) is 4.73. The summed E-state index contributed by atoms with van der Waals surface area (Å²) in [6, 6.07) is 16.3. The Morgan fingerprint density at radius 1 is 0.867 bits per heavy atom. The molecule has 0 unspecified atom stereocenters. The van der Waals surface area contributed by atoms with Crippen LogP contribution < -0.4 is 10.2 Å². The van der Waals surface area contributed by atoms with Gasteiger partial charge in [-0.1, -0.05) is 0 Å². The summed E-state index contributed by atoms with van der Waals surface area (Å²) < 4.78 is 26.6. The number of carbonyl (C=O) groups excluding carboxylic acids is 1. The molecule has 0 bridgehead atoms. The van der Waals surface area contributed by atoms with Crippen molar-refractivity contribution in [3.8, 4) is 0 Å². The quantitative estimate of drug-likeness (QED) is 0.479. The van der Waals surface area contributed by atoms with Gasteiger partial charge in [0.25, 0.3) is 11.6 Å². The van der Waals surface area contributed by atoms with Crippen molar-refractivity contribution < 1.29 is 18.5 Å². The number of benzene rings is 3. The van der Waals surface area contributed by atoms with E-state index in [4.69, 9.17) is 0 Å². The lowest BCUT2D eigenvalue weighted by Gasteiger charge is -2.25. The van der Waals surface area contributed by atoms with Crippen LogP contribution in [0.25, 0.3) is 0 Å². The van der Waals surface area contributed by atoms with Gasteiger partial charge in [-0.2, -0.15) is 0 Å². The fraction of sp³-hybridized carbons (Fsp3) is 0.0455. The summed E-state index contributed by atoms with van der Waals surface area (Å²) >= 11 is 0. The van der Waals surface area contributed by atoms with E-state index in [2.05, 4.69) is 5.32 Å². The Bertz CT molecular complexity index is 1130. The van der Waals surface area contributed by atoms with Crippen molar-refractivity contribution in [3.63, 3.8) is 0 Å². The SMILES string of the molecule is O=C1C(Nc2ccc(F)cc2)=C[C@@H](c2ccc([N+](=O)[O-])cc2)N1c1ccc(F)cc1. The Balaban J connectivity index is 1.72. The summed E-state index contributed by atoms with van der Waals surface area (Å²) in [7, 11) is 0. The van der Waals surface area contributed by atoms with E-state index in [1.165, 1.54) is 65.6 Å². The highest BCUT2D eigenvalue weighted by Crippen LogP contribution is 2.36. The number of non-ortho nitro benzene ring substituents is 1. The zero-order valence-electron chi connectivity index (χ0n) is 15.5. The molecule has 1 N–H and O–H groups in total. The van der Waals surface area contributed by atoms with E-state index in [9.17, 15) is 23.7 Å². The van der Waals surface area contributed by atoms with Crippen LogP contribution in [-0.4, -0.2) is 10.8 Å². The number of nitro benzene ring substituents is 1. The molecule has 3 aromatic rings. The molecule has 1 heterocycles. The summed E-state index contributed by atoms with van der Waals surface area (Å²) in [5, 5.41) is 13.9. The molecule has 150 valence electrons. The number of rotatable bonds is 5. The highest BCUT2D eigenvalue weighted by Gasteiger charge is 2.35. The van der Waals surface area contributed by atoms with Crippen molar-refractivity contribution in [2.75, 3.05) is 10.2 Å². The molecule has 6 nitrogen and oxygen atoms in total. The van der Waals surface area contributed by atoms with Gasteiger partial charge in [0.2, 0.25) is 0 Å². The van der Waals surface area contributed by atoms with Gasteiger partial charge in [-0.3, -0.25) is 19.8 Å². The van der Waals surface area contributed by atoms with Crippen molar-refractivity contribution in [2.45, 2.75) is 6.04 Å². The van der Waals surface area contributed by atoms with Gasteiger partial charge in [-0.25, -0.2) is 8.78 Å². The highest BCUT2D eigenvalue weighted by molar-refractivity contribution is 6.11. The smallest absolute Gasteiger partial charge is 0.275 e. The first-order valence-electron chi connectivity index (χ1n) is 9.00. The number of hydrogen-bond acceptors (Lipinski definition) is 4. The molecule has 0 spiro atoms. The van der Waals surface area contributed by atoms with Crippen LogP contribution in [0.2, 0.25) is 0 Å². The summed E-state index contributed by atoms with van der Waals surface area (Å²) in [6.45, 7) is 0. The number of carbonyl (C=O) groups is 1. The molecule has 4 rings (SSSR count). The average molecular weight is 407 g/mol. The van der Waals surface area contributed by atoms with Crippen molar-refractivity contribution in [1.82, 2.24) is 0 Å². The third kappa shape index (κ3) is 3.75. The van der Waals surface area contributed by atoms with Crippen LogP contribution in [0.3, 0.4) is 0 Å². The number of nitrogens with one attached hydrogen (secondary N) is 1. The van der Waals surface area contributed by atoms with Crippen LogP contribution in [0.4, 0.5) is 25.8 Å². The predicted octanol–water partition coefficient (Wildman–Crippen LogP) is 4.96. The number of anilines is 2. The van der Waals surface area contributed by atoms with Crippen LogP contribution in [-0.2, 0) is 4.79 Å². The average Bonchev–Trinajstić information content (AvgIpc) is 3.06. The van der Waals surface area contributed by atoms with Crippen LogP contribution in [0.15, 0.2) is 84.6 Å². The first kappa shape index (κ1) is 19.3. The summed E-state index contributed by atoms with van der Waals surface area (Å²) in [4.78, 5) is 25.0. The predicted molar refractivity (Wildman–Crippen MR) is 108 cm³/mol. The lowest BCUT2D eigenvalue weighted by molar-refractivity contribution is -0.384. The number of amides is 1. The van der Waals surface area contributed by atoms with Gasteiger partial charge < -0.3 is 5.32 Å². The van der Waals surface area contributed by atoms with Crippen molar-refractivity contribution in [1.29, 1.82) is 0 Å². The van der Waals surface area contributed by atoms with Gasteiger partial charge >= 0.3 is 0 Å². The summed E-state index contributed by atoms with van der Waals surface area (Å²) in [5.74, 6) is -1.20. The Morgan fingerprint density at radius 2 is 1.43 bits per heavy atom. The minimum atomic E-state index is -0.563. The molecule has 30 heavy (non-hydrogen) atoms. The third-order valence-electron chi connectivity index (χ3n) is 4.73. The molecule has 0 aliphatic carbocycles. The number of hydrogen-bond donors (Lipinski definition) is 1. The fourth-order valence-corrected chi connectivity index (χ4v) is 3.26. The molecule has 1 aliphatic rings. The molecule has 0 fully saturated rings. The first-order chi connectivity index (χ1) is 14.4. The Labute approximate surface area is 170 Å². The number of nitro groups is 1. The molecule has 1 amide bonds. The fourth-order valence-electron chi connectivity index (χ4n) is 3.26. The molecule has 0 saturated carbocycles. The summed E-state index contributed by atoms with van der Waals surface area (Å²) in [6.07, 6.45) is 1.68. The standard InChI is InChI=1S/C22H15F2N3O3/c23-15-3-7-17(8-4-15)25-20-13-21(14-1-9-19(10-2-14)27(29)30)26(22(20)28)18-11-5-16(24)6-12-18/h1-13,21,25H/t21-/m0/s1. The molecule has 1 atom stereocenters. The van der Waals surface area contributed by atoms with Gasteiger partial charge in [0.05, 0.1) is 11.0 Å². The van der Waals surface area contributed by atoms with E-state index in [0.29, 0.717) is 16.9 Å². The maximum Gasteiger partial charge on any atom is 0.275 e. The molecular weight excluding hydrogens is 392 g/mol. The second-order valence-corrected chi connectivity index (χ2v) is 6.66. The molecule has 0 radical (unpaired) electrons. The zero-order chi connectivity index (χ0) is 21.3. The van der Waals surface area contributed by atoms with Gasteiger partial charge in [-0.15, -0.1) is 0 Å². The summed E-state index contributed by atoms with van der Waals surface area (Å²) in [5.41, 5.74) is 1.84. The van der Waals surface area contributed by atoms with Crippen molar-refractivity contribution in [2.24, 2.45) is 0 Å². The zero-order valence-corrected chi connectivity index (χ0v) is 15.5. The number of nitrogens with zero attached hydrogens (tertiary/aromatic N) is 2. The lowest BCUT2D eigenvalue weighted by atomic mass is 10.1. The van der Waals surface area contributed by atoms with Gasteiger partial charge in [0.15, 0.2) is 0 Å². The van der Waals surface area contributed by atoms with Gasteiger partial charge in [0.1, 0.15) is 17.3 Å². The lowest BCUT2D eigenvalue weighted by Crippen LogP contribution is -2.30. The minimum Gasteiger partial charge on any atom is -0.351 e. The van der Waals surface area contributed by atoms with Gasteiger partial charge in [-0.05, 0) is 72.3 Å². The Hall–Kier alpha value is -4.07. The van der Waals surface area contributed by atoms with E-state index in [0.717, 1.165) is 0 Å². The van der Waals surface area contributed by atoms with Crippen molar-refractivity contribution in [3.05, 3.63) is 112 Å². The minimum absolute atomic E-state index is 0.0648. The topological polar surface area (TPSA) is 75.5 Å².